The van der Waals surface area contributed by atoms with E-state index in [1.54, 1.807) is 24.8 Å². The third-order valence-electron chi connectivity index (χ3n) is 4.26. The zero-order valence-electron chi connectivity index (χ0n) is 12.7. The van der Waals surface area contributed by atoms with Gasteiger partial charge in [0.2, 0.25) is 0 Å². The fraction of sp³-hybridized carbons (Fsp3) is 0.467. The van der Waals surface area contributed by atoms with Gasteiger partial charge in [-0.25, -0.2) is 9.67 Å². The molecular formula is C15H19N5O3. The summed E-state index contributed by atoms with van der Waals surface area (Å²) < 4.78 is 1.88. The number of aromatic nitrogens is 3. The maximum absolute atomic E-state index is 10.8. The van der Waals surface area contributed by atoms with Gasteiger partial charge in [0.05, 0.1) is 17.1 Å². The number of rotatable bonds is 5. The maximum Gasteiger partial charge on any atom is 0.269 e. The van der Waals surface area contributed by atoms with E-state index in [0.29, 0.717) is 18.2 Å². The minimum atomic E-state index is -0.724. The molecule has 1 saturated heterocycles. The van der Waals surface area contributed by atoms with Crippen LogP contribution >= 0.6 is 0 Å². The Balaban J connectivity index is 1.56. The highest BCUT2D eigenvalue weighted by Gasteiger charge is 2.23. The Bertz CT molecular complexity index is 653. The molecule has 3 rings (SSSR count). The van der Waals surface area contributed by atoms with Crippen LogP contribution in [0.15, 0.2) is 36.9 Å². The molecule has 8 nitrogen and oxygen atoms in total. The molecule has 0 saturated carbocycles. The van der Waals surface area contributed by atoms with Gasteiger partial charge in [-0.1, -0.05) is 12.1 Å². The van der Waals surface area contributed by atoms with E-state index < -0.39 is 11.0 Å². The number of nitro benzene ring substituents is 1. The lowest BCUT2D eigenvalue weighted by Crippen LogP contribution is -2.37. The lowest BCUT2D eigenvalue weighted by atomic mass is 10.0. The molecule has 1 aliphatic rings. The molecule has 1 aromatic heterocycles. The zero-order valence-corrected chi connectivity index (χ0v) is 12.7. The highest BCUT2D eigenvalue weighted by molar-refractivity contribution is 5.35. The van der Waals surface area contributed by atoms with Gasteiger partial charge in [-0.05, 0) is 18.4 Å². The SMILES string of the molecule is O=[N+]([O-])c1cccc(C(O)CN2CCC(n3cncn3)CC2)c1. The first kappa shape index (κ1) is 15.6. The molecule has 0 spiro atoms. The Morgan fingerprint density at radius 1 is 1.39 bits per heavy atom. The van der Waals surface area contributed by atoms with Crippen LogP contribution in [0.3, 0.4) is 0 Å². The summed E-state index contributed by atoms with van der Waals surface area (Å²) in [4.78, 5) is 16.5. The summed E-state index contributed by atoms with van der Waals surface area (Å²) in [5.41, 5.74) is 0.587. The first-order chi connectivity index (χ1) is 11.1. The van der Waals surface area contributed by atoms with Crippen LogP contribution in [0, 0.1) is 10.1 Å². The monoisotopic (exact) mass is 317 g/mol. The van der Waals surface area contributed by atoms with Crippen molar-refractivity contribution in [2.24, 2.45) is 0 Å². The second-order valence-corrected chi connectivity index (χ2v) is 5.78. The molecule has 8 heteroatoms. The predicted molar refractivity (Wildman–Crippen MR) is 82.8 cm³/mol. The largest absolute Gasteiger partial charge is 0.387 e. The molecule has 122 valence electrons. The summed E-state index contributed by atoms with van der Waals surface area (Å²) in [7, 11) is 0. The van der Waals surface area contributed by atoms with Gasteiger partial charge in [0, 0.05) is 31.8 Å². The number of hydrogen-bond donors (Lipinski definition) is 1. The van der Waals surface area contributed by atoms with Gasteiger partial charge in [-0.2, -0.15) is 5.10 Å². The normalized spacial score (nSPS) is 18.0. The minimum absolute atomic E-state index is 0.00596. The van der Waals surface area contributed by atoms with Crippen LogP contribution in [-0.2, 0) is 0 Å². The molecule has 1 fully saturated rings. The van der Waals surface area contributed by atoms with E-state index in [-0.39, 0.29) is 5.69 Å². The molecule has 1 atom stereocenters. The summed E-state index contributed by atoms with van der Waals surface area (Å²) in [5, 5.41) is 25.3. The number of non-ortho nitro benzene ring substituents is 1. The van der Waals surface area contributed by atoms with Crippen molar-refractivity contribution in [2.75, 3.05) is 19.6 Å². The van der Waals surface area contributed by atoms with Gasteiger partial charge in [0.25, 0.3) is 5.69 Å². The molecule has 0 aliphatic carbocycles. The van der Waals surface area contributed by atoms with Crippen molar-refractivity contribution in [3.05, 3.63) is 52.6 Å². The number of benzene rings is 1. The molecule has 0 bridgehead atoms. The van der Waals surface area contributed by atoms with Gasteiger partial charge in [-0.3, -0.25) is 10.1 Å². The summed E-state index contributed by atoms with van der Waals surface area (Å²) in [6.45, 7) is 2.19. The second kappa shape index (κ2) is 6.84. The van der Waals surface area contributed by atoms with Crippen LogP contribution in [0.1, 0.15) is 30.6 Å². The Hall–Kier alpha value is -2.32. The Labute approximate surface area is 133 Å². The fourth-order valence-corrected chi connectivity index (χ4v) is 2.97. The Morgan fingerprint density at radius 3 is 2.83 bits per heavy atom. The van der Waals surface area contributed by atoms with Crippen LogP contribution in [0.5, 0.6) is 0 Å². The van der Waals surface area contributed by atoms with E-state index in [0.717, 1.165) is 25.9 Å². The van der Waals surface area contributed by atoms with Gasteiger partial charge >= 0.3 is 0 Å². The second-order valence-electron chi connectivity index (χ2n) is 5.78. The highest BCUT2D eigenvalue weighted by atomic mass is 16.6. The fourth-order valence-electron chi connectivity index (χ4n) is 2.97. The van der Waals surface area contributed by atoms with Gasteiger partial charge < -0.3 is 10.0 Å². The summed E-state index contributed by atoms with van der Waals surface area (Å²) in [5.74, 6) is 0. The van der Waals surface area contributed by atoms with Crippen molar-refractivity contribution in [1.82, 2.24) is 19.7 Å². The summed E-state index contributed by atoms with van der Waals surface area (Å²) in [6.07, 6.45) is 4.45. The van der Waals surface area contributed by atoms with Crippen LogP contribution in [-0.4, -0.2) is 49.3 Å². The standard InChI is InChI=1S/C15H19N5O3/c21-15(12-2-1-3-14(8-12)20(22)23)9-18-6-4-13(5-7-18)19-11-16-10-17-19/h1-3,8,10-11,13,15,21H,4-7,9H2. The molecule has 23 heavy (non-hydrogen) atoms. The molecule has 1 aromatic carbocycles. The molecule has 2 heterocycles. The summed E-state index contributed by atoms with van der Waals surface area (Å²) >= 11 is 0. The van der Waals surface area contributed by atoms with Crippen molar-refractivity contribution >= 4 is 5.69 Å². The zero-order chi connectivity index (χ0) is 16.2. The average molecular weight is 317 g/mol. The number of likely N-dealkylation sites (tertiary alicyclic amines) is 1. The number of β-amino-alcohol motifs (C(OH)–C–C–N with tert-alkyl or cyclic N) is 1. The quantitative estimate of drug-likeness (QED) is 0.664. The van der Waals surface area contributed by atoms with E-state index in [1.165, 1.54) is 12.1 Å². The molecule has 1 unspecified atom stereocenters. The van der Waals surface area contributed by atoms with E-state index in [9.17, 15) is 15.2 Å². The number of aliphatic hydroxyl groups excluding tert-OH is 1. The van der Waals surface area contributed by atoms with Crippen molar-refractivity contribution < 1.29 is 10.0 Å². The van der Waals surface area contributed by atoms with E-state index in [4.69, 9.17) is 0 Å². The van der Waals surface area contributed by atoms with Gasteiger partial charge in [-0.15, -0.1) is 0 Å². The number of nitro groups is 1. The molecular weight excluding hydrogens is 298 g/mol. The Morgan fingerprint density at radius 2 is 2.17 bits per heavy atom. The first-order valence-corrected chi connectivity index (χ1v) is 7.62. The Kier molecular flexibility index (Phi) is 4.63. The number of aliphatic hydroxyl groups is 1. The third kappa shape index (κ3) is 3.72. The van der Waals surface area contributed by atoms with Crippen LogP contribution in [0.2, 0.25) is 0 Å². The van der Waals surface area contributed by atoms with Gasteiger partial charge in [0.1, 0.15) is 12.7 Å². The van der Waals surface area contributed by atoms with Crippen molar-refractivity contribution in [3.8, 4) is 0 Å². The molecule has 1 aliphatic heterocycles. The minimum Gasteiger partial charge on any atom is -0.387 e. The highest BCUT2D eigenvalue weighted by Crippen LogP contribution is 2.24. The molecule has 0 radical (unpaired) electrons. The lowest BCUT2D eigenvalue weighted by Gasteiger charge is -2.33. The van der Waals surface area contributed by atoms with Crippen molar-refractivity contribution in [1.29, 1.82) is 0 Å². The summed E-state index contributed by atoms with van der Waals surface area (Å²) in [6, 6.07) is 6.55. The molecule has 0 amide bonds. The van der Waals surface area contributed by atoms with E-state index >= 15 is 0 Å². The number of nitrogens with zero attached hydrogens (tertiary/aromatic N) is 5. The third-order valence-corrected chi connectivity index (χ3v) is 4.26. The predicted octanol–water partition coefficient (Wildman–Crippen LogP) is 1.56. The van der Waals surface area contributed by atoms with E-state index in [1.807, 2.05) is 4.68 Å². The maximum atomic E-state index is 10.8. The molecule has 1 N–H and O–H groups in total. The number of piperidine rings is 1. The first-order valence-electron chi connectivity index (χ1n) is 7.62. The average Bonchev–Trinajstić information content (AvgIpc) is 3.10. The van der Waals surface area contributed by atoms with Crippen LogP contribution < -0.4 is 0 Å². The van der Waals surface area contributed by atoms with Crippen molar-refractivity contribution in [3.63, 3.8) is 0 Å². The van der Waals surface area contributed by atoms with Crippen LogP contribution in [0.25, 0.3) is 0 Å². The molecule has 2 aromatic rings. The lowest BCUT2D eigenvalue weighted by molar-refractivity contribution is -0.385. The number of hydrogen-bond acceptors (Lipinski definition) is 6. The van der Waals surface area contributed by atoms with Crippen LogP contribution in [0.4, 0.5) is 5.69 Å². The van der Waals surface area contributed by atoms with Crippen molar-refractivity contribution in [2.45, 2.75) is 25.0 Å². The smallest absolute Gasteiger partial charge is 0.269 e. The topological polar surface area (TPSA) is 97.3 Å². The van der Waals surface area contributed by atoms with E-state index in [2.05, 4.69) is 15.0 Å². The van der Waals surface area contributed by atoms with Gasteiger partial charge in [0.15, 0.2) is 0 Å².